The monoisotopic (exact) mass is 475 g/mol. The molecule has 0 aliphatic carbocycles. The Hall–Kier alpha value is -2.62. The number of phenols is 1. The smallest absolute Gasteiger partial charge is 0.244 e. The molecule has 2 saturated heterocycles. The van der Waals surface area contributed by atoms with Gasteiger partial charge < -0.3 is 25.0 Å². The van der Waals surface area contributed by atoms with Gasteiger partial charge in [0, 0.05) is 46.3 Å². The van der Waals surface area contributed by atoms with E-state index in [0.29, 0.717) is 37.8 Å². The first-order valence-electron chi connectivity index (χ1n) is 11.2. The van der Waals surface area contributed by atoms with Gasteiger partial charge in [0.25, 0.3) is 0 Å². The molecule has 8 nitrogen and oxygen atoms in total. The number of anilines is 1. The highest BCUT2D eigenvalue weighted by Crippen LogP contribution is 2.46. The number of aromatic hydroxyl groups is 1. The van der Waals surface area contributed by atoms with Crippen LogP contribution in [0.15, 0.2) is 18.2 Å². The van der Waals surface area contributed by atoms with E-state index >= 15 is 0 Å². The summed E-state index contributed by atoms with van der Waals surface area (Å²) in [6.07, 6.45) is 0. The Morgan fingerprint density at radius 1 is 1.30 bits per heavy atom. The van der Waals surface area contributed by atoms with E-state index < -0.39 is 11.9 Å². The van der Waals surface area contributed by atoms with Crippen molar-refractivity contribution in [2.45, 2.75) is 25.6 Å². The van der Waals surface area contributed by atoms with E-state index in [-0.39, 0.29) is 34.0 Å². The van der Waals surface area contributed by atoms with Crippen LogP contribution in [-0.2, 0) is 11.3 Å². The van der Waals surface area contributed by atoms with Crippen molar-refractivity contribution < 1.29 is 19.0 Å². The molecule has 0 spiro atoms. The second-order valence-corrected chi connectivity index (χ2v) is 9.19. The van der Waals surface area contributed by atoms with Crippen LogP contribution in [-0.4, -0.2) is 84.3 Å². The zero-order chi connectivity index (χ0) is 23.3. The van der Waals surface area contributed by atoms with Gasteiger partial charge in [0.15, 0.2) is 0 Å². The Bertz CT molecular complexity index is 1080. The number of nitrogens with one attached hydrogen (secondary N) is 1. The molecular weight excluding hydrogens is 449 g/mol. The summed E-state index contributed by atoms with van der Waals surface area (Å²) in [4.78, 5) is 23.5. The summed E-state index contributed by atoms with van der Waals surface area (Å²) < 4.78 is 21.1. The molecule has 0 radical (unpaired) electrons. The number of carbonyl (C=O) groups excluding carboxylic acids is 1. The molecule has 1 amide bonds. The topological polar surface area (TPSA) is 81.2 Å². The maximum absolute atomic E-state index is 14.8. The number of aromatic nitrogens is 1. The van der Waals surface area contributed by atoms with E-state index in [9.17, 15) is 14.3 Å². The molecule has 2 fully saturated rings. The Kier molecular flexibility index (Phi) is 5.80. The number of pyridine rings is 1. The van der Waals surface area contributed by atoms with Crippen LogP contribution < -0.4 is 15.0 Å². The Morgan fingerprint density at radius 2 is 2.12 bits per heavy atom. The van der Waals surface area contributed by atoms with Crippen LogP contribution in [0.4, 0.5) is 10.2 Å². The molecule has 1 aromatic heterocycles. The lowest BCUT2D eigenvalue weighted by atomic mass is 10.0. The zero-order valence-electron chi connectivity index (χ0n) is 18.6. The third kappa shape index (κ3) is 3.78. The molecule has 2 atom stereocenters. The van der Waals surface area contributed by atoms with E-state index in [1.807, 2.05) is 11.8 Å². The Morgan fingerprint density at radius 3 is 2.91 bits per heavy atom. The molecule has 5 rings (SSSR count). The largest absolute Gasteiger partial charge is 0.507 e. The minimum atomic E-state index is -0.631. The first-order chi connectivity index (χ1) is 15.9. The van der Waals surface area contributed by atoms with E-state index in [1.165, 1.54) is 18.2 Å². The summed E-state index contributed by atoms with van der Waals surface area (Å²) in [6, 6.07) is 3.79. The van der Waals surface area contributed by atoms with Crippen molar-refractivity contribution in [3.63, 3.8) is 0 Å². The lowest BCUT2D eigenvalue weighted by Gasteiger charge is -2.40. The molecule has 0 bridgehead atoms. The van der Waals surface area contributed by atoms with E-state index in [2.05, 4.69) is 10.2 Å². The number of rotatable bonds is 2. The highest BCUT2D eigenvalue weighted by molar-refractivity contribution is 6.35. The fourth-order valence-corrected chi connectivity index (χ4v) is 5.17. The molecule has 0 unspecified atom stereocenters. The van der Waals surface area contributed by atoms with Crippen molar-refractivity contribution in [2.24, 2.45) is 0 Å². The van der Waals surface area contributed by atoms with Crippen molar-refractivity contribution >= 4 is 23.3 Å². The Labute approximate surface area is 196 Å². The number of hydrogen-bond donors (Lipinski definition) is 2. The first-order valence-corrected chi connectivity index (χ1v) is 11.5. The molecule has 2 aromatic rings. The summed E-state index contributed by atoms with van der Waals surface area (Å²) in [5, 5.41) is 14.0. The number of amides is 1. The molecule has 176 valence electrons. The van der Waals surface area contributed by atoms with Crippen LogP contribution in [0.1, 0.15) is 12.5 Å². The highest BCUT2D eigenvalue weighted by Gasteiger charge is 2.37. The number of phenolic OH excluding ortho intramolecular Hbond substituents is 1. The van der Waals surface area contributed by atoms with Gasteiger partial charge in [-0.3, -0.25) is 9.69 Å². The van der Waals surface area contributed by atoms with Crippen LogP contribution in [0, 0.1) is 5.82 Å². The third-order valence-corrected chi connectivity index (χ3v) is 7.15. The van der Waals surface area contributed by atoms with E-state index in [1.54, 1.807) is 11.9 Å². The zero-order valence-corrected chi connectivity index (χ0v) is 19.4. The van der Waals surface area contributed by atoms with Gasteiger partial charge in [-0.1, -0.05) is 17.7 Å². The van der Waals surface area contributed by atoms with Crippen LogP contribution in [0.25, 0.3) is 11.3 Å². The van der Waals surface area contributed by atoms with Gasteiger partial charge in [-0.25, -0.2) is 9.37 Å². The summed E-state index contributed by atoms with van der Waals surface area (Å²) >= 11 is 6.78. The van der Waals surface area contributed by atoms with Crippen molar-refractivity contribution in [1.82, 2.24) is 20.1 Å². The van der Waals surface area contributed by atoms with Gasteiger partial charge in [0.1, 0.15) is 46.5 Å². The predicted molar refractivity (Wildman–Crippen MR) is 123 cm³/mol. The van der Waals surface area contributed by atoms with E-state index in [4.69, 9.17) is 21.3 Å². The predicted octanol–water partition coefficient (Wildman–Crippen LogP) is 2.08. The fraction of sp³-hybridized carbons (Fsp3) is 0.478. The average molecular weight is 476 g/mol. The second kappa shape index (κ2) is 8.62. The molecule has 4 heterocycles. The maximum Gasteiger partial charge on any atom is 0.244 e. The molecule has 2 N–H and O–H groups in total. The molecular formula is C23H27ClFN5O3. The molecule has 0 saturated carbocycles. The number of ether oxygens (including phenoxy) is 1. The maximum atomic E-state index is 14.8. The quantitative estimate of drug-likeness (QED) is 0.688. The van der Waals surface area contributed by atoms with E-state index in [0.717, 1.165) is 25.2 Å². The molecule has 10 heteroatoms. The number of halogens is 2. The summed E-state index contributed by atoms with van der Waals surface area (Å²) in [7, 11) is 1.78. The number of benzene rings is 1. The molecule has 33 heavy (non-hydrogen) atoms. The van der Waals surface area contributed by atoms with Crippen LogP contribution in [0.5, 0.6) is 11.5 Å². The number of fused-ring (bicyclic) bond motifs is 2. The molecule has 3 aliphatic rings. The van der Waals surface area contributed by atoms with Gasteiger partial charge in [0.05, 0.1) is 17.2 Å². The minimum absolute atomic E-state index is 0.0170. The number of carbonyl (C=O) groups is 1. The standard InChI is InChI=1S/C23H27ClFN5O3/c1-13-23(32)28(2)8-9-30(13)22-15-11-29-7-6-26-10-14(29)12-33-21(15)19(24)20(27-22)18-16(25)4-3-5-17(18)31/h3-5,13-14,26,31H,6-12H2,1-2H3/t13-,14+/m0/s1. The molecule has 3 aliphatic heterocycles. The SMILES string of the molecule is C[C@H]1C(=O)N(C)CCN1c1nc(-c2c(O)cccc2F)c(Cl)c2c1CN1CCNC[C@@H]1CO2. The Balaban J connectivity index is 1.71. The average Bonchev–Trinajstić information content (AvgIpc) is 2.99. The normalized spacial score (nSPS) is 23.6. The fourth-order valence-electron chi connectivity index (χ4n) is 4.87. The lowest BCUT2D eigenvalue weighted by Crippen LogP contribution is -2.55. The summed E-state index contributed by atoms with van der Waals surface area (Å²) in [6.45, 7) is 6.43. The number of hydrogen-bond acceptors (Lipinski definition) is 7. The van der Waals surface area contributed by atoms with Gasteiger partial charge >= 0.3 is 0 Å². The second-order valence-electron chi connectivity index (χ2n) is 8.81. The van der Waals surface area contributed by atoms with Crippen molar-refractivity contribution in [1.29, 1.82) is 0 Å². The van der Waals surface area contributed by atoms with Gasteiger partial charge in [0.2, 0.25) is 5.91 Å². The number of likely N-dealkylation sites (N-methyl/N-ethyl adjacent to an activating group) is 1. The highest BCUT2D eigenvalue weighted by atomic mass is 35.5. The van der Waals surface area contributed by atoms with Gasteiger partial charge in [-0.2, -0.15) is 0 Å². The van der Waals surface area contributed by atoms with Gasteiger partial charge in [-0.05, 0) is 19.1 Å². The van der Waals surface area contributed by atoms with Crippen LogP contribution in [0.2, 0.25) is 5.02 Å². The van der Waals surface area contributed by atoms with Crippen molar-refractivity contribution in [3.8, 4) is 22.8 Å². The minimum Gasteiger partial charge on any atom is -0.507 e. The van der Waals surface area contributed by atoms with Crippen molar-refractivity contribution in [2.75, 3.05) is 51.3 Å². The number of piperazine rings is 2. The van der Waals surface area contributed by atoms with Crippen molar-refractivity contribution in [3.05, 3.63) is 34.6 Å². The summed E-state index contributed by atoms with van der Waals surface area (Å²) in [5.74, 6) is 0.0743. The molecule has 1 aromatic carbocycles. The lowest BCUT2D eigenvalue weighted by molar-refractivity contribution is -0.132. The third-order valence-electron chi connectivity index (χ3n) is 6.80. The summed E-state index contributed by atoms with van der Waals surface area (Å²) in [5.41, 5.74) is 0.817. The first kappa shape index (κ1) is 22.2. The number of nitrogens with zero attached hydrogens (tertiary/aromatic N) is 4. The van der Waals surface area contributed by atoms with Gasteiger partial charge in [-0.15, -0.1) is 0 Å². The van der Waals surface area contributed by atoms with Crippen LogP contribution in [0.3, 0.4) is 0 Å². The van der Waals surface area contributed by atoms with Crippen LogP contribution >= 0.6 is 11.6 Å².